The van der Waals surface area contributed by atoms with Gasteiger partial charge < -0.3 is 10.6 Å². The summed E-state index contributed by atoms with van der Waals surface area (Å²) in [5.74, 6) is 0.845. The van der Waals surface area contributed by atoms with E-state index in [-0.39, 0.29) is 5.91 Å². The predicted octanol–water partition coefficient (Wildman–Crippen LogP) is 0.753. The van der Waals surface area contributed by atoms with Gasteiger partial charge in [-0.05, 0) is 44.7 Å². The lowest BCUT2D eigenvalue weighted by atomic mass is 9.99. The third-order valence-corrected chi connectivity index (χ3v) is 3.75. The van der Waals surface area contributed by atoms with E-state index < -0.39 is 0 Å². The maximum absolute atomic E-state index is 11.8. The molecule has 1 aliphatic carbocycles. The number of carbonyl (C=O) groups excluding carboxylic acids is 1. The Morgan fingerprint density at radius 2 is 2.28 bits per heavy atom. The normalized spacial score (nSPS) is 23.9. The van der Waals surface area contributed by atoms with Crippen molar-refractivity contribution in [3.05, 3.63) is 12.7 Å². The number of hydrogen-bond acceptors (Lipinski definition) is 3. The molecule has 1 saturated heterocycles. The Morgan fingerprint density at radius 3 is 2.89 bits per heavy atom. The second-order valence-electron chi connectivity index (χ2n) is 5.47. The highest BCUT2D eigenvalue weighted by atomic mass is 16.2. The van der Waals surface area contributed by atoms with E-state index in [1.165, 1.54) is 25.7 Å². The van der Waals surface area contributed by atoms with Crippen molar-refractivity contribution >= 4 is 5.91 Å². The summed E-state index contributed by atoms with van der Waals surface area (Å²) in [6.45, 7) is 8.07. The fourth-order valence-corrected chi connectivity index (χ4v) is 2.62. The SMILES string of the molecule is C=CCNC(=O)CN(CC1CCCNC1)C1CC1. The van der Waals surface area contributed by atoms with Gasteiger partial charge in [-0.25, -0.2) is 0 Å². The summed E-state index contributed by atoms with van der Waals surface area (Å²) in [4.78, 5) is 14.1. The van der Waals surface area contributed by atoms with Crippen molar-refractivity contribution in [3.63, 3.8) is 0 Å². The van der Waals surface area contributed by atoms with Crippen LogP contribution in [0.1, 0.15) is 25.7 Å². The van der Waals surface area contributed by atoms with Gasteiger partial charge in [-0.2, -0.15) is 0 Å². The van der Waals surface area contributed by atoms with Gasteiger partial charge in [0.05, 0.1) is 6.54 Å². The van der Waals surface area contributed by atoms with E-state index in [0.29, 0.717) is 25.0 Å². The zero-order valence-electron chi connectivity index (χ0n) is 11.2. The molecule has 1 heterocycles. The van der Waals surface area contributed by atoms with Crippen molar-refractivity contribution in [2.45, 2.75) is 31.7 Å². The zero-order valence-corrected chi connectivity index (χ0v) is 11.2. The molecule has 0 spiro atoms. The minimum Gasteiger partial charge on any atom is -0.352 e. The third kappa shape index (κ3) is 4.42. The number of piperidine rings is 1. The number of hydrogen-bond donors (Lipinski definition) is 2. The molecular formula is C14H25N3O. The predicted molar refractivity (Wildman–Crippen MR) is 73.4 cm³/mol. The Bertz CT molecular complexity index is 283. The minimum atomic E-state index is 0.130. The molecule has 0 aromatic heterocycles. The van der Waals surface area contributed by atoms with Crippen LogP contribution >= 0.6 is 0 Å². The second-order valence-corrected chi connectivity index (χ2v) is 5.47. The first kappa shape index (κ1) is 13.6. The Hall–Kier alpha value is -0.870. The number of nitrogens with one attached hydrogen (secondary N) is 2. The number of rotatable bonds is 7. The fraction of sp³-hybridized carbons (Fsp3) is 0.786. The van der Waals surface area contributed by atoms with E-state index in [9.17, 15) is 4.79 Å². The van der Waals surface area contributed by atoms with Gasteiger partial charge >= 0.3 is 0 Å². The van der Waals surface area contributed by atoms with Gasteiger partial charge in [-0.3, -0.25) is 9.69 Å². The maximum Gasteiger partial charge on any atom is 0.234 e. The summed E-state index contributed by atoms with van der Waals surface area (Å²) >= 11 is 0. The van der Waals surface area contributed by atoms with Crippen LogP contribution in [0.2, 0.25) is 0 Å². The van der Waals surface area contributed by atoms with E-state index >= 15 is 0 Å². The van der Waals surface area contributed by atoms with Gasteiger partial charge in [-0.15, -0.1) is 6.58 Å². The highest BCUT2D eigenvalue weighted by Gasteiger charge is 2.31. The van der Waals surface area contributed by atoms with Crippen molar-refractivity contribution in [2.24, 2.45) is 5.92 Å². The molecule has 0 aromatic carbocycles. The van der Waals surface area contributed by atoms with Gasteiger partial charge in [0.25, 0.3) is 0 Å². The Morgan fingerprint density at radius 1 is 1.44 bits per heavy atom. The van der Waals surface area contributed by atoms with Crippen molar-refractivity contribution in [1.29, 1.82) is 0 Å². The van der Waals surface area contributed by atoms with Crippen molar-refractivity contribution in [3.8, 4) is 0 Å². The molecule has 1 amide bonds. The Labute approximate surface area is 110 Å². The van der Waals surface area contributed by atoms with Gasteiger partial charge in [0.2, 0.25) is 5.91 Å². The summed E-state index contributed by atoms with van der Waals surface area (Å²) in [6.07, 6.45) is 6.81. The average molecular weight is 251 g/mol. The molecule has 2 rings (SSSR count). The molecule has 18 heavy (non-hydrogen) atoms. The first-order valence-electron chi connectivity index (χ1n) is 7.12. The molecule has 4 heteroatoms. The van der Waals surface area contributed by atoms with Crippen LogP contribution < -0.4 is 10.6 Å². The molecule has 2 aliphatic rings. The van der Waals surface area contributed by atoms with Crippen molar-refractivity contribution in [1.82, 2.24) is 15.5 Å². The molecule has 102 valence electrons. The highest BCUT2D eigenvalue weighted by molar-refractivity contribution is 5.78. The second kappa shape index (κ2) is 6.90. The Kier molecular flexibility index (Phi) is 5.20. The molecule has 0 bridgehead atoms. The lowest BCUT2D eigenvalue weighted by molar-refractivity contribution is -0.122. The number of nitrogens with zero attached hydrogens (tertiary/aromatic N) is 1. The van der Waals surface area contributed by atoms with Crippen LogP contribution in [0.5, 0.6) is 0 Å². The third-order valence-electron chi connectivity index (χ3n) is 3.75. The van der Waals surface area contributed by atoms with Crippen LogP contribution in [0.3, 0.4) is 0 Å². The molecule has 1 unspecified atom stereocenters. The van der Waals surface area contributed by atoms with E-state index in [1.54, 1.807) is 6.08 Å². The van der Waals surface area contributed by atoms with Crippen LogP contribution in [0, 0.1) is 5.92 Å². The maximum atomic E-state index is 11.8. The van der Waals surface area contributed by atoms with E-state index in [0.717, 1.165) is 19.6 Å². The van der Waals surface area contributed by atoms with Gasteiger partial charge in [0.15, 0.2) is 0 Å². The van der Waals surface area contributed by atoms with E-state index in [1.807, 2.05) is 0 Å². The molecule has 0 radical (unpaired) electrons. The molecule has 0 aromatic rings. The number of carbonyl (C=O) groups is 1. The molecule has 2 fully saturated rings. The molecule has 1 aliphatic heterocycles. The summed E-state index contributed by atoms with van der Waals surface area (Å²) in [6, 6.07) is 0.654. The van der Waals surface area contributed by atoms with E-state index in [2.05, 4.69) is 22.1 Å². The Balaban J connectivity index is 1.76. The molecular weight excluding hydrogens is 226 g/mol. The average Bonchev–Trinajstić information content (AvgIpc) is 3.21. The number of amides is 1. The first-order chi connectivity index (χ1) is 8.79. The summed E-state index contributed by atoms with van der Waals surface area (Å²) in [5.41, 5.74) is 0. The van der Waals surface area contributed by atoms with Crippen LogP contribution in [0.15, 0.2) is 12.7 Å². The standard InChI is InChI=1S/C14H25N3O/c1-2-7-16-14(18)11-17(13-5-6-13)10-12-4-3-8-15-9-12/h2,12-13,15H,1,3-11H2,(H,16,18). The molecule has 1 saturated carbocycles. The lowest BCUT2D eigenvalue weighted by Gasteiger charge is -2.29. The summed E-state index contributed by atoms with van der Waals surface area (Å²) in [7, 11) is 0. The lowest BCUT2D eigenvalue weighted by Crippen LogP contribution is -2.43. The zero-order chi connectivity index (χ0) is 12.8. The quantitative estimate of drug-likeness (QED) is 0.656. The van der Waals surface area contributed by atoms with Crippen molar-refractivity contribution < 1.29 is 4.79 Å². The van der Waals surface area contributed by atoms with Gasteiger partial charge in [0, 0.05) is 19.1 Å². The van der Waals surface area contributed by atoms with Crippen molar-refractivity contribution in [2.75, 3.05) is 32.7 Å². The van der Waals surface area contributed by atoms with Crippen LogP contribution in [-0.4, -0.2) is 49.6 Å². The summed E-state index contributed by atoms with van der Waals surface area (Å²) < 4.78 is 0. The fourth-order valence-electron chi connectivity index (χ4n) is 2.62. The van der Waals surface area contributed by atoms with Gasteiger partial charge in [0.1, 0.15) is 0 Å². The monoisotopic (exact) mass is 251 g/mol. The summed E-state index contributed by atoms with van der Waals surface area (Å²) in [5, 5.41) is 6.32. The highest BCUT2D eigenvalue weighted by Crippen LogP contribution is 2.28. The van der Waals surface area contributed by atoms with Gasteiger partial charge in [-0.1, -0.05) is 6.08 Å². The molecule has 2 N–H and O–H groups in total. The van der Waals surface area contributed by atoms with E-state index in [4.69, 9.17) is 0 Å². The largest absolute Gasteiger partial charge is 0.352 e. The molecule has 1 atom stereocenters. The first-order valence-corrected chi connectivity index (χ1v) is 7.12. The molecule has 4 nitrogen and oxygen atoms in total. The minimum absolute atomic E-state index is 0.130. The smallest absolute Gasteiger partial charge is 0.234 e. The topological polar surface area (TPSA) is 44.4 Å². The van der Waals surface area contributed by atoms with Crippen LogP contribution in [-0.2, 0) is 4.79 Å². The van der Waals surface area contributed by atoms with Crippen LogP contribution in [0.25, 0.3) is 0 Å². The van der Waals surface area contributed by atoms with Crippen LogP contribution in [0.4, 0.5) is 0 Å².